The van der Waals surface area contributed by atoms with E-state index in [1.54, 1.807) is 6.26 Å². The molecule has 1 heterocycles. The summed E-state index contributed by atoms with van der Waals surface area (Å²) in [5.41, 5.74) is 1.44. The zero-order chi connectivity index (χ0) is 18.0. The van der Waals surface area contributed by atoms with Gasteiger partial charge in [-0.1, -0.05) is 30.3 Å². The molecular formula is C21H30IN3O2. The average molecular weight is 483 g/mol. The zero-order valence-corrected chi connectivity index (χ0v) is 18.2. The van der Waals surface area contributed by atoms with Crippen molar-refractivity contribution in [2.45, 2.75) is 32.3 Å². The van der Waals surface area contributed by atoms with E-state index in [1.165, 1.54) is 12.0 Å². The topological polar surface area (TPSA) is 58.8 Å². The van der Waals surface area contributed by atoms with Gasteiger partial charge in [0.2, 0.25) is 0 Å². The minimum Gasteiger partial charge on any atom is -0.467 e. The molecule has 1 aliphatic carbocycles. The summed E-state index contributed by atoms with van der Waals surface area (Å²) >= 11 is 0. The largest absolute Gasteiger partial charge is 0.467 e. The van der Waals surface area contributed by atoms with Crippen molar-refractivity contribution >= 4 is 29.9 Å². The van der Waals surface area contributed by atoms with Crippen LogP contribution in [0, 0.1) is 5.92 Å². The van der Waals surface area contributed by atoms with Crippen molar-refractivity contribution < 1.29 is 9.15 Å². The van der Waals surface area contributed by atoms with E-state index in [4.69, 9.17) is 14.1 Å². The van der Waals surface area contributed by atoms with Crippen LogP contribution in [0.1, 0.15) is 37.0 Å². The minimum atomic E-state index is 0. The molecule has 0 amide bonds. The lowest BCUT2D eigenvalue weighted by Gasteiger charge is -2.11. The van der Waals surface area contributed by atoms with Gasteiger partial charge in [-0.25, -0.2) is 0 Å². The quantitative estimate of drug-likeness (QED) is 0.231. The van der Waals surface area contributed by atoms with E-state index in [9.17, 15) is 0 Å². The molecule has 1 fully saturated rings. The molecule has 2 aromatic rings. The lowest BCUT2D eigenvalue weighted by atomic mass is 10.1. The Labute approximate surface area is 179 Å². The Kier molecular flexibility index (Phi) is 9.69. The van der Waals surface area contributed by atoms with Gasteiger partial charge in [0.1, 0.15) is 12.4 Å². The number of hydrogen-bond acceptors (Lipinski definition) is 3. The van der Waals surface area contributed by atoms with Crippen LogP contribution >= 0.6 is 24.0 Å². The monoisotopic (exact) mass is 483 g/mol. The van der Waals surface area contributed by atoms with Crippen LogP contribution in [-0.4, -0.2) is 32.2 Å². The van der Waals surface area contributed by atoms with E-state index in [1.807, 2.05) is 12.1 Å². The fourth-order valence-electron chi connectivity index (χ4n) is 3.06. The van der Waals surface area contributed by atoms with Gasteiger partial charge in [-0.3, -0.25) is 4.99 Å². The van der Waals surface area contributed by atoms with E-state index < -0.39 is 0 Å². The molecule has 1 saturated carbocycles. The number of ether oxygens (including phenoxy) is 1. The molecule has 2 atom stereocenters. The second kappa shape index (κ2) is 12.0. The first-order valence-corrected chi connectivity index (χ1v) is 9.54. The molecule has 6 heteroatoms. The molecule has 1 aromatic heterocycles. The van der Waals surface area contributed by atoms with E-state index >= 15 is 0 Å². The SMILES string of the molecule is CCNC(=NCC1CC1c1ccccc1)NCCCOCc1ccco1.I. The Morgan fingerprint density at radius 3 is 2.78 bits per heavy atom. The summed E-state index contributed by atoms with van der Waals surface area (Å²) in [6, 6.07) is 14.6. The molecular weight excluding hydrogens is 453 g/mol. The Balaban J connectivity index is 0.00000261. The van der Waals surface area contributed by atoms with Crippen molar-refractivity contribution in [1.82, 2.24) is 10.6 Å². The van der Waals surface area contributed by atoms with Crippen LogP contribution in [0.3, 0.4) is 0 Å². The third-order valence-electron chi connectivity index (χ3n) is 4.56. The van der Waals surface area contributed by atoms with Crippen LogP contribution in [0.2, 0.25) is 0 Å². The molecule has 27 heavy (non-hydrogen) atoms. The first-order valence-electron chi connectivity index (χ1n) is 9.54. The smallest absolute Gasteiger partial charge is 0.191 e. The van der Waals surface area contributed by atoms with Crippen molar-refractivity contribution in [2.75, 3.05) is 26.2 Å². The van der Waals surface area contributed by atoms with Crippen molar-refractivity contribution in [3.63, 3.8) is 0 Å². The Morgan fingerprint density at radius 1 is 1.19 bits per heavy atom. The summed E-state index contributed by atoms with van der Waals surface area (Å²) in [5.74, 6) is 3.12. The molecule has 1 aromatic carbocycles. The Hall–Kier alpha value is -1.54. The third kappa shape index (κ3) is 7.54. The summed E-state index contributed by atoms with van der Waals surface area (Å²) in [4.78, 5) is 4.75. The lowest BCUT2D eigenvalue weighted by Crippen LogP contribution is -2.38. The predicted molar refractivity (Wildman–Crippen MR) is 120 cm³/mol. The van der Waals surface area contributed by atoms with Gasteiger partial charge in [0.25, 0.3) is 0 Å². The molecule has 2 N–H and O–H groups in total. The molecule has 1 aliphatic rings. The maximum atomic E-state index is 5.60. The number of rotatable bonds is 10. The van der Waals surface area contributed by atoms with Crippen molar-refractivity contribution in [3.05, 3.63) is 60.1 Å². The first kappa shape index (κ1) is 21.8. The molecule has 148 valence electrons. The van der Waals surface area contributed by atoms with E-state index in [0.717, 1.165) is 37.8 Å². The number of guanidine groups is 1. The zero-order valence-electron chi connectivity index (χ0n) is 15.9. The third-order valence-corrected chi connectivity index (χ3v) is 4.56. The number of nitrogens with zero attached hydrogens (tertiary/aromatic N) is 1. The van der Waals surface area contributed by atoms with Gasteiger partial charge in [0, 0.05) is 26.2 Å². The average Bonchev–Trinajstić information content (AvgIpc) is 3.27. The minimum absolute atomic E-state index is 0. The standard InChI is InChI=1S/C21H29N3O2.HI/c1-2-22-21(23-11-7-12-25-16-19-10-6-13-26-19)24-15-18-14-20(18)17-8-4-3-5-9-17;/h3-6,8-10,13,18,20H,2,7,11-12,14-16H2,1H3,(H2,22,23,24);1H. The number of hydrogen-bond donors (Lipinski definition) is 2. The second-order valence-corrected chi connectivity index (χ2v) is 6.64. The fraction of sp³-hybridized carbons (Fsp3) is 0.476. The number of nitrogens with one attached hydrogen (secondary N) is 2. The highest BCUT2D eigenvalue weighted by molar-refractivity contribution is 14.0. The normalized spacial score (nSPS) is 18.6. The maximum absolute atomic E-state index is 5.60. The van der Waals surface area contributed by atoms with Crippen molar-refractivity contribution in [3.8, 4) is 0 Å². The first-order chi connectivity index (χ1) is 12.9. The molecule has 0 radical (unpaired) electrons. The highest BCUT2D eigenvalue weighted by atomic mass is 127. The fourth-order valence-corrected chi connectivity index (χ4v) is 3.06. The molecule has 3 rings (SSSR count). The van der Waals surface area contributed by atoms with Crippen LogP contribution in [0.25, 0.3) is 0 Å². The molecule has 0 spiro atoms. The Bertz CT molecular complexity index is 661. The van der Waals surface area contributed by atoms with Crippen LogP contribution in [-0.2, 0) is 11.3 Å². The van der Waals surface area contributed by atoms with Gasteiger partial charge >= 0.3 is 0 Å². The van der Waals surface area contributed by atoms with E-state index in [2.05, 4.69) is 47.9 Å². The van der Waals surface area contributed by atoms with Gasteiger partial charge < -0.3 is 19.8 Å². The summed E-state index contributed by atoms with van der Waals surface area (Å²) in [5, 5.41) is 6.70. The van der Waals surface area contributed by atoms with Crippen LogP contribution < -0.4 is 10.6 Å². The summed E-state index contributed by atoms with van der Waals surface area (Å²) in [7, 11) is 0. The molecule has 0 bridgehead atoms. The van der Waals surface area contributed by atoms with Gasteiger partial charge in [0.15, 0.2) is 5.96 Å². The lowest BCUT2D eigenvalue weighted by molar-refractivity contribution is 0.105. The van der Waals surface area contributed by atoms with Crippen molar-refractivity contribution in [1.29, 1.82) is 0 Å². The van der Waals surface area contributed by atoms with Crippen molar-refractivity contribution in [2.24, 2.45) is 10.9 Å². The van der Waals surface area contributed by atoms with Crippen LogP contribution in [0.15, 0.2) is 58.1 Å². The van der Waals surface area contributed by atoms with Gasteiger partial charge in [-0.15, -0.1) is 24.0 Å². The number of furan rings is 1. The summed E-state index contributed by atoms with van der Waals surface area (Å²) < 4.78 is 10.8. The number of benzene rings is 1. The number of halogens is 1. The van der Waals surface area contributed by atoms with Crippen LogP contribution in [0.4, 0.5) is 0 Å². The highest BCUT2D eigenvalue weighted by Gasteiger charge is 2.37. The molecule has 2 unspecified atom stereocenters. The predicted octanol–water partition coefficient (Wildman–Crippen LogP) is 4.16. The number of aliphatic imine (C=N–C) groups is 1. The molecule has 5 nitrogen and oxygen atoms in total. The maximum Gasteiger partial charge on any atom is 0.191 e. The second-order valence-electron chi connectivity index (χ2n) is 6.64. The van der Waals surface area contributed by atoms with Gasteiger partial charge in [-0.2, -0.15) is 0 Å². The van der Waals surface area contributed by atoms with Crippen LogP contribution in [0.5, 0.6) is 0 Å². The molecule has 0 saturated heterocycles. The van der Waals surface area contributed by atoms with Gasteiger partial charge in [0.05, 0.1) is 6.26 Å². The van der Waals surface area contributed by atoms with E-state index in [0.29, 0.717) is 25.0 Å². The summed E-state index contributed by atoms with van der Waals surface area (Å²) in [6.07, 6.45) is 3.84. The highest BCUT2D eigenvalue weighted by Crippen LogP contribution is 2.47. The Morgan fingerprint density at radius 2 is 2.04 bits per heavy atom. The van der Waals surface area contributed by atoms with Gasteiger partial charge in [-0.05, 0) is 49.3 Å². The van der Waals surface area contributed by atoms with E-state index in [-0.39, 0.29) is 24.0 Å². The molecule has 0 aliphatic heterocycles. The summed E-state index contributed by atoms with van der Waals surface area (Å²) in [6.45, 7) is 5.91.